The van der Waals surface area contributed by atoms with Crippen LogP contribution in [0.2, 0.25) is 0 Å². The molecule has 0 spiro atoms. The maximum atomic E-state index is 13.2. The number of aromatic nitrogens is 2. The average molecular weight is 573 g/mol. The van der Waals surface area contributed by atoms with Crippen LogP contribution in [0.5, 0.6) is 0 Å². The first-order chi connectivity index (χ1) is 13.5. The Bertz CT molecular complexity index is 974. The Morgan fingerprint density at radius 2 is 1.03 bits per heavy atom. The van der Waals surface area contributed by atoms with Crippen molar-refractivity contribution in [3.8, 4) is 22.5 Å². The van der Waals surface area contributed by atoms with Crippen LogP contribution in [0, 0.1) is 35.4 Å². The molecule has 146 valence electrons. The van der Waals surface area contributed by atoms with E-state index in [0.717, 1.165) is 24.3 Å². The fourth-order valence-corrected chi connectivity index (χ4v) is 2.30. The number of halogens is 4. The van der Waals surface area contributed by atoms with Gasteiger partial charge in [-0.3, -0.25) is 17.6 Å². The fraction of sp³-hybridized carbons (Fsp3) is 0. The van der Waals surface area contributed by atoms with Gasteiger partial charge in [0.1, 0.15) is 0 Å². The zero-order valence-corrected chi connectivity index (χ0v) is 17.1. The van der Waals surface area contributed by atoms with Gasteiger partial charge < -0.3 is 9.97 Å². The Morgan fingerprint density at radius 1 is 0.621 bits per heavy atom. The van der Waals surface area contributed by atoms with Gasteiger partial charge in [0, 0.05) is 35.7 Å². The Morgan fingerprint density at radius 3 is 1.34 bits per heavy atom. The molecule has 0 aliphatic rings. The molecule has 2 nitrogen and oxygen atoms in total. The van der Waals surface area contributed by atoms with Gasteiger partial charge in [-0.25, -0.2) is 0 Å². The first-order valence-corrected chi connectivity index (χ1v) is 8.11. The van der Waals surface area contributed by atoms with Crippen molar-refractivity contribution >= 4 is 0 Å². The van der Waals surface area contributed by atoms with Crippen molar-refractivity contribution in [3.63, 3.8) is 0 Å². The largest absolute Gasteiger partial charge is 3.00 e. The summed E-state index contributed by atoms with van der Waals surface area (Å²) in [6, 6.07) is 19.1. The van der Waals surface area contributed by atoms with E-state index in [0.29, 0.717) is 11.4 Å². The first-order valence-electron chi connectivity index (χ1n) is 8.11. The van der Waals surface area contributed by atoms with Crippen LogP contribution in [0.4, 0.5) is 17.6 Å². The molecule has 0 bridgehead atoms. The minimum absolute atomic E-state index is 0. The second-order valence-corrected chi connectivity index (χ2v) is 5.51. The zero-order chi connectivity index (χ0) is 19.9. The van der Waals surface area contributed by atoms with E-state index in [1.807, 2.05) is 0 Å². The van der Waals surface area contributed by atoms with Crippen molar-refractivity contribution in [3.05, 3.63) is 108 Å². The van der Waals surface area contributed by atoms with E-state index in [2.05, 4.69) is 22.1 Å². The van der Waals surface area contributed by atoms with Crippen molar-refractivity contribution in [1.82, 2.24) is 9.97 Å². The summed E-state index contributed by atoms with van der Waals surface area (Å²) >= 11 is 0. The maximum absolute atomic E-state index is 13.2. The molecule has 2 aromatic carbocycles. The molecule has 0 unspecified atom stereocenters. The molecule has 0 N–H and O–H groups in total. The van der Waals surface area contributed by atoms with E-state index < -0.39 is 23.3 Å². The third kappa shape index (κ3) is 6.04. The van der Waals surface area contributed by atoms with E-state index in [1.165, 1.54) is 0 Å². The molecule has 7 heteroatoms. The predicted molar refractivity (Wildman–Crippen MR) is 96.8 cm³/mol. The second kappa shape index (κ2) is 10.6. The molecule has 0 amide bonds. The Labute approximate surface area is 178 Å². The van der Waals surface area contributed by atoms with E-state index in [9.17, 15) is 17.6 Å². The SMILES string of the molecule is Fc1c[c-]c(-c2ccccn2)c(F)c1.Fc1c[c-]c(-c2ccccn2)c(F)c1.[Ir+3]. The summed E-state index contributed by atoms with van der Waals surface area (Å²) in [5.41, 5.74) is 1.27. The van der Waals surface area contributed by atoms with Crippen LogP contribution in [0.1, 0.15) is 0 Å². The standard InChI is InChI=1S/2C11H6F2N.Ir/c2*12-8-4-5-9(10(13)7-8)11-3-1-2-6-14-11;/h2*1-4,6-7H;/q2*-1;+3. The van der Waals surface area contributed by atoms with Gasteiger partial charge in [-0.1, -0.05) is 47.5 Å². The Hall–Kier alpha value is -2.89. The Kier molecular flexibility index (Phi) is 8.19. The van der Waals surface area contributed by atoms with Crippen LogP contribution in [0.25, 0.3) is 22.5 Å². The predicted octanol–water partition coefficient (Wildman–Crippen LogP) is 5.65. The molecule has 0 aliphatic carbocycles. The van der Waals surface area contributed by atoms with Gasteiger partial charge in [0.05, 0.1) is 0 Å². The topological polar surface area (TPSA) is 25.8 Å². The summed E-state index contributed by atoms with van der Waals surface area (Å²) < 4.78 is 51.6. The molecule has 0 saturated heterocycles. The number of pyridine rings is 2. The summed E-state index contributed by atoms with van der Waals surface area (Å²) in [5, 5.41) is 0. The summed E-state index contributed by atoms with van der Waals surface area (Å²) in [6.45, 7) is 0. The molecule has 2 aromatic heterocycles. The number of rotatable bonds is 2. The van der Waals surface area contributed by atoms with Crippen molar-refractivity contribution < 1.29 is 37.7 Å². The summed E-state index contributed by atoms with van der Waals surface area (Å²) in [5.74, 6) is -2.57. The van der Waals surface area contributed by atoms with Crippen LogP contribution < -0.4 is 0 Å². The smallest absolute Gasteiger partial charge is 0.305 e. The molecule has 0 saturated carbocycles. The van der Waals surface area contributed by atoms with Crippen molar-refractivity contribution in [2.45, 2.75) is 0 Å². The van der Waals surface area contributed by atoms with Crippen LogP contribution >= 0.6 is 0 Å². The molecule has 0 aliphatic heterocycles. The van der Waals surface area contributed by atoms with Crippen LogP contribution in [0.3, 0.4) is 0 Å². The van der Waals surface area contributed by atoms with Crippen molar-refractivity contribution in [2.24, 2.45) is 0 Å². The number of nitrogens with zero attached hydrogens (tertiary/aromatic N) is 2. The van der Waals surface area contributed by atoms with Crippen LogP contribution in [-0.4, -0.2) is 9.97 Å². The monoisotopic (exact) mass is 573 g/mol. The van der Waals surface area contributed by atoms with E-state index in [1.54, 1.807) is 48.8 Å². The maximum Gasteiger partial charge on any atom is 3.00 e. The normalized spacial score (nSPS) is 9.79. The molecular formula is C22H12F4IrN2+. The van der Waals surface area contributed by atoms with Gasteiger partial charge in [-0.05, 0) is 23.5 Å². The van der Waals surface area contributed by atoms with Gasteiger partial charge in [0.2, 0.25) is 0 Å². The summed E-state index contributed by atoms with van der Waals surface area (Å²) in [6.07, 6.45) is 3.10. The first kappa shape index (κ1) is 22.4. The number of hydrogen-bond donors (Lipinski definition) is 0. The van der Waals surface area contributed by atoms with Gasteiger partial charge in [-0.15, -0.1) is 24.3 Å². The Balaban J connectivity index is 0.000000200. The number of benzene rings is 2. The molecule has 0 radical (unpaired) electrons. The van der Waals surface area contributed by atoms with E-state index in [4.69, 9.17) is 0 Å². The molecular weight excluding hydrogens is 560 g/mol. The van der Waals surface area contributed by atoms with Crippen molar-refractivity contribution in [1.29, 1.82) is 0 Å². The summed E-state index contributed by atoms with van der Waals surface area (Å²) in [4.78, 5) is 7.89. The van der Waals surface area contributed by atoms with Gasteiger partial charge in [0.15, 0.2) is 0 Å². The molecule has 2 heterocycles. The van der Waals surface area contributed by atoms with Crippen LogP contribution in [0.15, 0.2) is 73.1 Å². The minimum Gasteiger partial charge on any atom is -0.305 e. The zero-order valence-electron chi connectivity index (χ0n) is 14.7. The average Bonchev–Trinajstić information content (AvgIpc) is 2.70. The minimum atomic E-state index is -0.649. The van der Waals surface area contributed by atoms with Gasteiger partial charge >= 0.3 is 20.1 Å². The molecule has 0 atom stereocenters. The molecule has 4 rings (SSSR count). The molecule has 4 aromatic rings. The van der Waals surface area contributed by atoms with E-state index >= 15 is 0 Å². The second-order valence-electron chi connectivity index (χ2n) is 5.51. The van der Waals surface area contributed by atoms with Crippen LogP contribution in [-0.2, 0) is 20.1 Å². The third-order valence-corrected chi connectivity index (χ3v) is 3.56. The van der Waals surface area contributed by atoms with Gasteiger partial charge in [-0.2, -0.15) is 0 Å². The quantitative estimate of drug-likeness (QED) is 0.229. The molecule has 29 heavy (non-hydrogen) atoms. The number of hydrogen-bond acceptors (Lipinski definition) is 2. The van der Waals surface area contributed by atoms with Gasteiger partial charge in [0.25, 0.3) is 0 Å². The summed E-state index contributed by atoms with van der Waals surface area (Å²) in [7, 11) is 0. The van der Waals surface area contributed by atoms with E-state index in [-0.39, 0.29) is 31.2 Å². The third-order valence-electron chi connectivity index (χ3n) is 3.56. The van der Waals surface area contributed by atoms with Crippen molar-refractivity contribution in [2.75, 3.05) is 0 Å². The fourth-order valence-electron chi connectivity index (χ4n) is 2.30. The molecule has 0 fully saturated rings.